The molecule has 0 aliphatic carbocycles. The van der Waals surface area contributed by atoms with Crippen molar-refractivity contribution in [3.63, 3.8) is 0 Å². The third-order valence-corrected chi connectivity index (χ3v) is 4.89. The molecule has 0 aromatic heterocycles. The van der Waals surface area contributed by atoms with Crippen molar-refractivity contribution in [2.24, 2.45) is 0 Å². The molecule has 0 unspecified atom stereocenters. The lowest BCUT2D eigenvalue weighted by Gasteiger charge is -2.47. The average Bonchev–Trinajstić information content (AvgIpc) is 2.49. The number of halogens is 1. The minimum atomic E-state index is -1.24. The van der Waals surface area contributed by atoms with Gasteiger partial charge in [0, 0.05) is 43.3 Å². The van der Waals surface area contributed by atoms with E-state index >= 15 is 0 Å². The van der Waals surface area contributed by atoms with Gasteiger partial charge in [0.25, 0.3) is 5.91 Å². The normalized spacial score (nSPS) is 29.4. The Balaban J connectivity index is 1.61. The third kappa shape index (κ3) is 3.51. The summed E-state index contributed by atoms with van der Waals surface area (Å²) in [5.74, 6) is -0.179. The van der Waals surface area contributed by atoms with E-state index in [-0.39, 0.29) is 18.6 Å². The Bertz CT molecular complexity index is 576. The minimum absolute atomic E-state index is 0.0916. The summed E-state index contributed by atoms with van der Waals surface area (Å²) >= 11 is 5.82. The van der Waals surface area contributed by atoms with Crippen LogP contribution < -0.4 is 0 Å². The third-order valence-electron chi connectivity index (χ3n) is 4.64. The fourth-order valence-corrected chi connectivity index (χ4v) is 3.29. The summed E-state index contributed by atoms with van der Waals surface area (Å²) in [6.07, 6.45) is -1.05. The molecular weight excluding hydrogens is 320 g/mol. The number of benzene rings is 1. The fraction of sp³-hybridized carbons (Fsp3) is 0.562. The number of likely N-dealkylation sites (tertiary alicyclic amines) is 2. The van der Waals surface area contributed by atoms with E-state index in [2.05, 4.69) is 0 Å². The zero-order valence-corrected chi connectivity index (χ0v) is 13.5. The van der Waals surface area contributed by atoms with Gasteiger partial charge in [-0.05, 0) is 30.7 Å². The summed E-state index contributed by atoms with van der Waals surface area (Å²) < 4.78 is 0. The maximum Gasteiger partial charge on any atom is 0.253 e. The van der Waals surface area contributed by atoms with E-state index in [4.69, 9.17) is 11.6 Å². The number of carbonyl (C=O) groups excluding carboxylic acids is 1. The van der Waals surface area contributed by atoms with Crippen molar-refractivity contribution >= 4 is 17.5 Å². The molecule has 126 valence electrons. The van der Waals surface area contributed by atoms with E-state index in [1.165, 1.54) is 0 Å². The zero-order chi connectivity index (χ0) is 16.6. The minimum Gasteiger partial charge on any atom is -0.390 e. The fourth-order valence-electron chi connectivity index (χ4n) is 3.17. The average molecular weight is 341 g/mol. The number of nitrogens with zero attached hydrogens (tertiary/aromatic N) is 2. The van der Waals surface area contributed by atoms with Crippen molar-refractivity contribution in [2.45, 2.75) is 24.2 Å². The van der Waals surface area contributed by atoms with Crippen LogP contribution in [0.5, 0.6) is 0 Å². The molecule has 1 aromatic carbocycles. The molecular formula is C16H21ClN2O4. The lowest BCUT2D eigenvalue weighted by Crippen LogP contribution is -2.64. The molecule has 1 amide bonds. The molecule has 0 radical (unpaired) electrons. The van der Waals surface area contributed by atoms with Crippen LogP contribution in [0.2, 0.25) is 5.02 Å². The van der Waals surface area contributed by atoms with E-state index in [9.17, 15) is 20.1 Å². The highest BCUT2D eigenvalue weighted by molar-refractivity contribution is 6.30. The van der Waals surface area contributed by atoms with E-state index < -0.39 is 11.7 Å². The van der Waals surface area contributed by atoms with Crippen molar-refractivity contribution < 1.29 is 20.1 Å². The molecule has 0 bridgehead atoms. The van der Waals surface area contributed by atoms with Gasteiger partial charge in [-0.2, -0.15) is 0 Å². The Kier molecular flexibility index (Phi) is 4.62. The number of hydrogen-bond acceptors (Lipinski definition) is 5. The SMILES string of the molecule is O=C(c1ccc(Cl)cc1)N1CC[C@](O)(CN2CC(O)C2)[C@@H](O)C1. The van der Waals surface area contributed by atoms with E-state index in [0.29, 0.717) is 43.2 Å². The number of aliphatic hydroxyl groups excluding tert-OH is 2. The molecule has 6 nitrogen and oxygen atoms in total. The number of carbonyl (C=O) groups is 1. The van der Waals surface area contributed by atoms with Crippen molar-refractivity contribution in [2.75, 3.05) is 32.7 Å². The zero-order valence-electron chi connectivity index (χ0n) is 12.7. The summed E-state index contributed by atoms with van der Waals surface area (Å²) in [7, 11) is 0. The topological polar surface area (TPSA) is 84.2 Å². The molecule has 2 atom stereocenters. The van der Waals surface area contributed by atoms with Crippen LogP contribution in [0.3, 0.4) is 0 Å². The van der Waals surface area contributed by atoms with Crippen LogP contribution in [0, 0.1) is 0 Å². The Morgan fingerprint density at radius 2 is 1.87 bits per heavy atom. The van der Waals surface area contributed by atoms with Crippen molar-refractivity contribution in [3.05, 3.63) is 34.9 Å². The first-order chi connectivity index (χ1) is 10.9. The molecule has 3 rings (SSSR count). The second-order valence-corrected chi connectivity index (χ2v) is 6.91. The van der Waals surface area contributed by atoms with Gasteiger partial charge in [0.15, 0.2) is 0 Å². The van der Waals surface area contributed by atoms with Gasteiger partial charge in [-0.15, -0.1) is 0 Å². The molecule has 0 saturated carbocycles. The second kappa shape index (κ2) is 6.37. The van der Waals surface area contributed by atoms with Gasteiger partial charge in [0.05, 0.1) is 6.10 Å². The highest BCUT2D eigenvalue weighted by Gasteiger charge is 2.44. The number of rotatable bonds is 3. The van der Waals surface area contributed by atoms with Crippen LogP contribution in [0.25, 0.3) is 0 Å². The van der Waals surface area contributed by atoms with Crippen LogP contribution in [0.1, 0.15) is 16.8 Å². The van der Waals surface area contributed by atoms with Gasteiger partial charge in [0.2, 0.25) is 0 Å². The summed E-state index contributed by atoms with van der Waals surface area (Å²) in [6, 6.07) is 6.61. The number of aliphatic hydroxyl groups is 3. The Morgan fingerprint density at radius 1 is 1.22 bits per heavy atom. The highest BCUT2D eigenvalue weighted by Crippen LogP contribution is 2.27. The number of piperidine rings is 1. The maximum absolute atomic E-state index is 12.4. The smallest absolute Gasteiger partial charge is 0.253 e. The molecule has 0 spiro atoms. The van der Waals surface area contributed by atoms with Gasteiger partial charge in [-0.3, -0.25) is 9.69 Å². The quantitative estimate of drug-likeness (QED) is 0.719. The number of β-amino-alcohol motifs (C(OH)–C–C–N with tert-alkyl or cyclic N) is 3. The molecule has 2 aliphatic rings. The van der Waals surface area contributed by atoms with Crippen LogP contribution in [-0.4, -0.2) is 81.6 Å². The maximum atomic E-state index is 12.4. The van der Waals surface area contributed by atoms with E-state index in [1.54, 1.807) is 29.2 Å². The molecule has 23 heavy (non-hydrogen) atoms. The number of amides is 1. The van der Waals surface area contributed by atoms with Crippen LogP contribution >= 0.6 is 11.6 Å². The first-order valence-corrected chi connectivity index (χ1v) is 8.11. The summed E-state index contributed by atoms with van der Waals surface area (Å²) in [6.45, 7) is 1.82. The molecule has 3 N–H and O–H groups in total. The van der Waals surface area contributed by atoms with Crippen LogP contribution in [0.15, 0.2) is 24.3 Å². The van der Waals surface area contributed by atoms with Crippen LogP contribution in [-0.2, 0) is 0 Å². The summed E-state index contributed by atoms with van der Waals surface area (Å²) in [5.41, 5.74) is -0.727. The monoisotopic (exact) mass is 340 g/mol. The van der Waals surface area contributed by atoms with Gasteiger partial charge in [-0.1, -0.05) is 11.6 Å². The van der Waals surface area contributed by atoms with Crippen molar-refractivity contribution in [3.8, 4) is 0 Å². The van der Waals surface area contributed by atoms with E-state index in [1.807, 2.05) is 4.90 Å². The first-order valence-electron chi connectivity index (χ1n) is 7.73. The Morgan fingerprint density at radius 3 is 2.43 bits per heavy atom. The number of hydrogen-bond donors (Lipinski definition) is 3. The van der Waals surface area contributed by atoms with E-state index in [0.717, 1.165) is 0 Å². The lowest BCUT2D eigenvalue weighted by atomic mass is 9.86. The molecule has 2 heterocycles. The van der Waals surface area contributed by atoms with Gasteiger partial charge < -0.3 is 20.2 Å². The Labute approximate surface area is 139 Å². The van der Waals surface area contributed by atoms with Crippen molar-refractivity contribution in [1.29, 1.82) is 0 Å². The molecule has 7 heteroatoms. The largest absolute Gasteiger partial charge is 0.390 e. The molecule has 2 aliphatic heterocycles. The predicted molar refractivity (Wildman–Crippen MR) is 85.4 cm³/mol. The summed E-state index contributed by atoms with van der Waals surface area (Å²) in [5, 5.41) is 30.8. The second-order valence-electron chi connectivity index (χ2n) is 6.48. The first kappa shape index (κ1) is 16.7. The summed E-state index contributed by atoms with van der Waals surface area (Å²) in [4.78, 5) is 15.9. The predicted octanol–water partition coefficient (Wildman–Crippen LogP) is -0.0456. The van der Waals surface area contributed by atoms with Gasteiger partial charge in [-0.25, -0.2) is 0 Å². The molecule has 2 saturated heterocycles. The molecule has 2 fully saturated rings. The standard InChI is InChI=1S/C16H21ClN2O4/c17-12-3-1-11(2-4-12)15(22)19-6-5-16(23,14(21)9-19)10-18-7-13(20)8-18/h1-4,13-14,20-21,23H,5-10H2/t14-,16-/m0/s1. The Hall–Kier alpha value is -1.18. The van der Waals surface area contributed by atoms with Gasteiger partial charge in [0.1, 0.15) is 11.7 Å². The van der Waals surface area contributed by atoms with Gasteiger partial charge >= 0.3 is 0 Å². The van der Waals surface area contributed by atoms with Crippen molar-refractivity contribution in [1.82, 2.24) is 9.80 Å². The highest BCUT2D eigenvalue weighted by atomic mass is 35.5. The van der Waals surface area contributed by atoms with Crippen LogP contribution in [0.4, 0.5) is 0 Å². The lowest BCUT2D eigenvalue weighted by molar-refractivity contribution is -0.142. The molecule has 1 aromatic rings.